The second kappa shape index (κ2) is 5.79. The first-order chi connectivity index (χ1) is 11.0. The predicted octanol–water partition coefficient (Wildman–Crippen LogP) is 1.08. The summed E-state index contributed by atoms with van der Waals surface area (Å²) in [7, 11) is 0. The number of hydrogen-bond acceptors (Lipinski definition) is 7. The lowest BCUT2D eigenvalue weighted by molar-refractivity contribution is 0.526. The molecule has 1 aromatic rings. The molecule has 1 aromatic heterocycles. The average molecular weight is 312 g/mol. The molecule has 0 atom stereocenters. The molecule has 0 aromatic carbocycles. The Kier molecular flexibility index (Phi) is 3.81. The maximum Gasteiger partial charge on any atom is 0.178 e. The molecule has 0 amide bonds. The van der Waals surface area contributed by atoms with Crippen molar-refractivity contribution >= 4 is 28.9 Å². The summed E-state index contributed by atoms with van der Waals surface area (Å²) < 4.78 is 0. The van der Waals surface area contributed by atoms with E-state index in [-0.39, 0.29) is 0 Å². The Hall–Kier alpha value is -2.77. The summed E-state index contributed by atoms with van der Waals surface area (Å²) in [5.41, 5.74) is 13.7. The molecule has 1 fully saturated rings. The lowest BCUT2D eigenvalue weighted by Gasteiger charge is -2.22. The van der Waals surface area contributed by atoms with Crippen LogP contribution in [0.1, 0.15) is 24.4 Å². The molecule has 2 aliphatic heterocycles. The van der Waals surface area contributed by atoms with E-state index in [1.165, 1.54) is 0 Å². The SMILES string of the molecule is Cc1nc(C)c(N=C2N=C(N3CCCC3)C(=N)C=C2N)c(N)n1. The molecule has 3 heterocycles. The molecule has 0 unspecified atom stereocenters. The van der Waals surface area contributed by atoms with Gasteiger partial charge in [0.25, 0.3) is 0 Å². The summed E-state index contributed by atoms with van der Waals surface area (Å²) in [5.74, 6) is 1.86. The molecule has 2 aliphatic rings. The van der Waals surface area contributed by atoms with Crippen LogP contribution in [0, 0.1) is 19.3 Å². The van der Waals surface area contributed by atoms with E-state index in [9.17, 15) is 0 Å². The molecule has 0 aliphatic carbocycles. The number of nitrogen functional groups attached to an aromatic ring is 1. The number of nitrogens with one attached hydrogen (secondary N) is 1. The summed E-state index contributed by atoms with van der Waals surface area (Å²) in [6, 6.07) is 0. The van der Waals surface area contributed by atoms with Gasteiger partial charge in [-0.15, -0.1) is 0 Å². The molecule has 5 N–H and O–H groups in total. The Bertz CT molecular complexity index is 730. The molecule has 8 nitrogen and oxygen atoms in total. The first-order valence-electron chi connectivity index (χ1n) is 7.55. The fraction of sp³-hybridized carbons (Fsp3) is 0.400. The first-order valence-corrected chi connectivity index (χ1v) is 7.55. The van der Waals surface area contributed by atoms with E-state index in [2.05, 4.69) is 24.9 Å². The van der Waals surface area contributed by atoms with Crippen molar-refractivity contribution in [3.05, 3.63) is 23.3 Å². The standard InChI is InChI=1S/C15H20N8/c1-8-12(13(18)20-9(2)19-8)21-14-10(16)7-11(17)15(22-14)23-5-3-4-6-23/h7,17H,3-6,16H2,1-2H3,(H2,18,19,20). The number of aliphatic imine (C=N–C) groups is 2. The Balaban J connectivity index is 2.03. The molecule has 8 heteroatoms. The summed E-state index contributed by atoms with van der Waals surface area (Å²) in [6.45, 7) is 5.40. The monoisotopic (exact) mass is 312 g/mol. The van der Waals surface area contributed by atoms with Gasteiger partial charge < -0.3 is 16.4 Å². The van der Waals surface area contributed by atoms with Gasteiger partial charge in [-0.3, -0.25) is 5.41 Å². The number of amidine groups is 2. The largest absolute Gasteiger partial charge is 0.396 e. The van der Waals surface area contributed by atoms with Gasteiger partial charge in [0, 0.05) is 13.1 Å². The van der Waals surface area contributed by atoms with Crippen LogP contribution in [-0.4, -0.2) is 45.3 Å². The lowest BCUT2D eigenvalue weighted by atomic mass is 10.2. The minimum absolute atomic E-state index is 0.300. The Labute approximate surface area is 134 Å². The van der Waals surface area contributed by atoms with Crippen molar-refractivity contribution in [1.29, 1.82) is 5.41 Å². The third-order valence-electron chi connectivity index (χ3n) is 3.83. The molecular weight excluding hydrogens is 292 g/mol. The number of nitrogens with zero attached hydrogens (tertiary/aromatic N) is 5. The highest BCUT2D eigenvalue weighted by atomic mass is 15.2. The van der Waals surface area contributed by atoms with Gasteiger partial charge in [0.2, 0.25) is 0 Å². The van der Waals surface area contributed by atoms with Crippen LogP contribution in [0.5, 0.6) is 0 Å². The van der Waals surface area contributed by atoms with Gasteiger partial charge in [-0.25, -0.2) is 20.0 Å². The van der Waals surface area contributed by atoms with Crippen molar-refractivity contribution in [3.63, 3.8) is 0 Å². The zero-order chi connectivity index (χ0) is 16.6. The average Bonchev–Trinajstić information content (AvgIpc) is 2.98. The van der Waals surface area contributed by atoms with Crippen LogP contribution in [0.4, 0.5) is 11.5 Å². The molecule has 0 radical (unpaired) electrons. The Morgan fingerprint density at radius 1 is 1.17 bits per heavy atom. The van der Waals surface area contributed by atoms with E-state index < -0.39 is 0 Å². The van der Waals surface area contributed by atoms with E-state index in [4.69, 9.17) is 16.9 Å². The maximum atomic E-state index is 8.09. The number of aromatic nitrogens is 2. The molecule has 0 bridgehead atoms. The van der Waals surface area contributed by atoms with Gasteiger partial charge in [0.15, 0.2) is 17.5 Å². The number of anilines is 1. The summed E-state index contributed by atoms with van der Waals surface area (Å²) >= 11 is 0. The van der Waals surface area contributed by atoms with Crippen molar-refractivity contribution < 1.29 is 0 Å². The van der Waals surface area contributed by atoms with Gasteiger partial charge >= 0.3 is 0 Å². The predicted molar refractivity (Wildman–Crippen MR) is 91.3 cm³/mol. The zero-order valence-electron chi connectivity index (χ0n) is 13.3. The smallest absolute Gasteiger partial charge is 0.178 e. The van der Waals surface area contributed by atoms with Gasteiger partial charge in [-0.1, -0.05) is 0 Å². The van der Waals surface area contributed by atoms with E-state index >= 15 is 0 Å². The van der Waals surface area contributed by atoms with Crippen molar-refractivity contribution in [2.24, 2.45) is 15.7 Å². The Morgan fingerprint density at radius 2 is 1.87 bits per heavy atom. The van der Waals surface area contributed by atoms with E-state index in [1.807, 2.05) is 6.92 Å². The number of rotatable bonds is 1. The number of nitrogens with two attached hydrogens (primary N) is 2. The highest BCUT2D eigenvalue weighted by Crippen LogP contribution is 2.25. The molecule has 0 saturated carbocycles. The highest BCUT2D eigenvalue weighted by molar-refractivity contribution is 6.48. The van der Waals surface area contributed by atoms with Crippen molar-refractivity contribution in [1.82, 2.24) is 14.9 Å². The fourth-order valence-electron chi connectivity index (χ4n) is 2.75. The first kappa shape index (κ1) is 15.1. The quantitative estimate of drug-likeness (QED) is 0.714. The van der Waals surface area contributed by atoms with E-state index in [0.29, 0.717) is 46.1 Å². The number of hydrogen-bond donors (Lipinski definition) is 3. The van der Waals surface area contributed by atoms with Crippen LogP contribution in [0.2, 0.25) is 0 Å². The highest BCUT2D eigenvalue weighted by Gasteiger charge is 2.24. The number of dihydropyridines is 1. The van der Waals surface area contributed by atoms with Crippen molar-refractivity contribution in [2.75, 3.05) is 18.8 Å². The van der Waals surface area contributed by atoms with E-state index in [1.54, 1.807) is 13.0 Å². The lowest BCUT2D eigenvalue weighted by Crippen LogP contribution is -2.37. The van der Waals surface area contributed by atoms with Crippen LogP contribution in [-0.2, 0) is 0 Å². The normalized spacial score (nSPS) is 20.0. The summed E-state index contributed by atoms with van der Waals surface area (Å²) in [4.78, 5) is 19.4. The molecule has 23 heavy (non-hydrogen) atoms. The van der Waals surface area contributed by atoms with Crippen molar-refractivity contribution in [3.8, 4) is 0 Å². The van der Waals surface area contributed by atoms with E-state index in [0.717, 1.165) is 25.9 Å². The second-order valence-corrected chi connectivity index (χ2v) is 5.67. The van der Waals surface area contributed by atoms with Crippen LogP contribution >= 0.6 is 0 Å². The van der Waals surface area contributed by atoms with Crippen LogP contribution in [0.15, 0.2) is 21.8 Å². The van der Waals surface area contributed by atoms with Gasteiger partial charge in [-0.05, 0) is 32.8 Å². The minimum Gasteiger partial charge on any atom is -0.396 e. The van der Waals surface area contributed by atoms with Crippen molar-refractivity contribution in [2.45, 2.75) is 26.7 Å². The topological polar surface area (TPSA) is 130 Å². The van der Waals surface area contributed by atoms with Gasteiger partial charge in [-0.2, -0.15) is 0 Å². The summed E-state index contributed by atoms with van der Waals surface area (Å²) in [6.07, 6.45) is 3.80. The maximum absolute atomic E-state index is 8.09. The molecular formula is C15H20N8. The molecule has 3 rings (SSSR count). The zero-order valence-corrected chi connectivity index (χ0v) is 13.3. The fourth-order valence-corrected chi connectivity index (χ4v) is 2.75. The molecule has 1 saturated heterocycles. The second-order valence-electron chi connectivity index (χ2n) is 5.67. The Morgan fingerprint density at radius 3 is 2.52 bits per heavy atom. The van der Waals surface area contributed by atoms with Gasteiger partial charge in [0.1, 0.15) is 11.5 Å². The molecule has 0 spiro atoms. The third kappa shape index (κ3) is 2.92. The van der Waals surface area contributed by atoms with Crippen LogP contribution in [0.25, 0.3) is 0 Å². The van der Waals surface area contributed by atoms with Crippen LogP contribution in [0.3, 0.4) is 0 Å². The summed E-state index contributed by atoms with van der Waals surface area (Å²) in [5, 5.41) is 8.09. The van der Waals surface area contributed by atoms with Crippen LogP contribution < -0.4 is 11.5 Å². The molecule has 120 valence electrons. The number of aryl methyl sites for hydroxylation is 2. The minimum atomic E-state index is 0.300. The third-order valence-corrected chi connectivity index (χ3v) is 3.83. The van der Waals surface area contributed by atoms with Gasteiger partial charge in [0.05, 0.1) is 17.1 Å². The number of likely N-dealkylation sites (tertiary alicyclic amines) is 1.